The summed E-state index contributed by atoms with van der Waals surface area (Å²) < 4.78 is 11.2. The SMILES string of the molecule is CCCCCOCC1CCC(CN)O1. The van der Waals surface area contributed by atoms with Gasteiger partial charge in [-0.1, -0.05) is 19.8 Å². The Kier molecular flexibility index (Phi) is 6.15. The fourth-order valence-corrected chi connectivity index (χ4v) is 1.74. The third-order valence-corrected chi connectivity index (χ3v) is 2.65. The Bertz CT molecular complexity index is 141. The van der Waals surface area contributed by atoms with Crippen LogP contribution in [0.2, 0.25) is 0 Å². The summed E-state index contributed by atoms with van der Waals surface area (Å²) in [6, 6.07) is 0. The summed E-state index contributed by atoms with van der Waals surface area (Å²) in [6.45, 7) is 4.47. The molecule has 2 unspecified atom stereocenters. The van der Waals surface area contributed by atoms with Crippen LogP contribution in [0, 0.1) is 0 Å². The Morgan fingerprint density at radius 3 is 2.71 bits per heavy atom. The lowest BCUT2D eigenvalue weighted by Crippen LogP contribution is -2.22. The van der Waals surface area contributed by atoms with Gasteiger partial charge in [-0.2, -0.15) is 0 Å². The van der Waals surface area contributed by atoms with Crippen LogP contribution >= 0.6 is 0 Å². The predicted octanol–water partition coefficient (Wildman–Crippen LogP) is 1.70. The van der Waals surface area contributed by atoms with E-state index in [9.17, 15) is 0 Å². The third kappa shape index (κ3) is 4.40. The van der Waals surface area contributed by atoms with Gasteiger partial charge in [0.1, 0.15) is 0 Å². The molecule has 0 bridgehead atoms. The van der Waals surface area contributed by atoms with E-state index in [1.807, 2.05) is 0 Å². The van der Waals surface area contributed by atoms with E-state index in [1.165, 1.54) is 19.3 Å². The molecule has 1 fully saturated rings. The Morgan fingerprint density at radius 1 is 1.29 bits per heavy atom. The molecule has 1 aliphatic rings. The van der Waals surface area contributed by atoms with Crippen molar-refractivity contribution in [2.24, 2.45) is 5.73 Å². The number of nitrogens with two attached hydrogens (primary N) is 1. The van der Waals surface area contributed by atoms with Crippen molar-refractivity contribution >= 4 is 0 Å². The predicted molar refractivity (Wildman–Crippen MR) is 57.3 cm³/mol. The number of hydrogen-bond donors (Lipinski definition) is 1. The Hall–Kier alpha value is -0.120. The molecule has 1 heterocycles. The van der Waals surface area contributed by atoms with Gasteiger partial charge >= 0.3 is 0 Å². The van der Waals surface area contributed by atoms with Gasteiger partial charge in [-0.25, -0.2) is 0 Å². The van der Waals surface area contributed by atoms with Crippen molar-refractivity contribution in [2.45, 2.75) is 51.2 Å². The molecular formula is C11H23NO2. The highest BCUT2D eigenvalue weighted by molar-refractivity contribution is 4.73. The second kappa shape index (κ2) is 7.21. The molecule has 1 saturated heterocycles. The van der Waals surface area contributed by atoms with Crippen LogP contribution in [0.15, 0.2) is 0 Å². The van der Waals surface area contributed by atoms with Gasteiger partial charge in [-0.15, -0.1) is 0 Å². The molecule has 1 rings (SSSR count). The van der Waals surface area contributed by atoms with Crippen LogP contribution in [0.3, 0.4) is 0 Å². The van der Waals surface area contributed by atoms with Gasteiger partial charge in [-0.05, 0) is 19.3 Å². The van der Waals surface area contributed by atoms with E-state index in [0.717, 1.165) is 26.1 Å². The summed E-state index contributed by atoms with van der Waals surface area (Å²) in [7, 11) is 0. The first-order valence-electron chi connectivity index (χ1n) is 5.80. The van der Waals surface area contributed by atoms with E-state index in [2.05, 4.69) is 6.92 Å². The molecule has 0 radical (unpaired) electrons. The van der Waals surface area contributed by atoms with Gasteiger partial charge in [0.25, 0.3) is 0 Å². The number of rotatable bonds is 7. The first kappa shape index (κ1) is 12.0. The van der Waals surface area contributed by atoms with E-state index >= 15 is 0 Å². The summed E-state index contributed by atoms with van der Waals surface area (Å²) in [5.74, 6) is 0. The molecule has 0 saturated carbocycles. The minimum atomic E-state index is 0.277. The minimum absolute atomic E-state index is 0.277. The lowest BCUT2D eigenvalue weighted by atomic mass is 10.2. The summed E-state index contributed by atoms with van der Waals surface area (Å²) in [4.78, 5) is 0. The van der Waals surface area contributed by atoms with Crippen LogP contribution in [0.25, 0.3) is 0 Å². The van der Waals surface area contributed by atoms with Crippen molar-refractivity contribution in [3.8, 4) is 0 Å². The third-order valence-electron chi connectivity index (χ3n) is 2.65. The van der Waals surface area contributed by atoms with Crippen LogP contribution in [0.4, 0.5) is 0 Å². The summed E-state index contributed by atoms with van der Waals surface area (Å²) in [6.07, 6.45) is 6.46. The zero-order valence-electron chi connectivity index (χ0n) is 9.21. The van der Waals surface area contributed by atoms with E-state index in [4.69, 9.17) is 15.2 Å². The molecule has 84 valence electrons. The topological polar surface area (TPSA) is 44.5 Å². The first-order chi connectivity index (χ1) is 6.86. The molecule has 0 aromatic rings. The van der Waals surface area contributed by atoms with Gasteiger partial charge in [0, 0.05) is 13.2 Å². The average molecular weight is 201 g/mol. The van der Waals surface area contributed by atoms with Crippen molar-refractivity contribution in [3.05, 3.63) is 0 Å². The highest BCUT2D eigenvalue weighted by Gasteiger charge is 2.23. The molecule has 3 nitrogen and oxygen atoms in total. The molecule has 0 aliphatic carbocycles. The maximum Gasteiger partial charge on any atom is 0.0813 e. The van der Waals surface area contributed by atoms with Crippen molar-refractivity contribution in [2.75, 3.05) is 19.8 Å². The normalized spacial score (nSPS) is 27.0. The molecule has 2 atom stereocenters. The van der Waals surface area contributed by atoms with Crippen molar-refractivity contribution < 1.29 is 9.47 Å². The summed E-state index contributed by atoms with van der Waals surface area (Å²) in [5, 5.41) is 0. The van der Waals surface area contributed by atoms with Crippen molar-refractivity contribution in [1.82, 2.24) is 0 Å². The monoisotopic (exact) mass is 201 g/mol. The lowest BCUT2D eigenvalue weighted by Gasteiger charge is -2.12. The maximum absolute atomic E-state index is 5.67. The van der Waals surface area contributed by atoms with E-state index in [-0.39, 0.29) is 6.10 Å². The number of unbranched alkanes of at least 4 members (excludes halogenated alkanes) is 2. The molecule has 0 amide bonds. The van der Waals surface area contributed by atoms with Crippen LogP contribution in [-0.4, -0.2) is 32.0 Å². The van der Waals surface area contributed by atoms with Crippen molar-refractivity contribution in [1.29, 1.82) is 0 Å². The van der Waals surface area contributed by atoms with Crippen molar-refractivity contribution in [3.63, 3.8) is 0 Å². The van der Waals surface area contributed by atoms with Gasteiger partial charge in [0.2, 0.25) is 0 Å². The second-order valence-electron chi connectivity index (χ2n) is 3.98. The Morgan fingerprint density at radius 2 is 2.07 bits per heavy atom. The second-order valence-corrected chi connectivity index (χ2v) is 3.98. The van der Waals surface area contributed by atoms with E-state index < -0.39 is 0 Å². The molecule has 14 heavy (non-hydrogen) atoms. The zero-order chi connectivity index (χ0) is 10.2. The lowest BCUT2D eigenvalue weighted by molar-refractivity contribution is -0.0126. The summed E-state index contributed by atoms with van der Waals surface area (Å²) in [5.41, 5.74) is 5.52. The molecule has 1 aliphatic heterocycles. The highest BCUT2D eigenvalue weighted by Crippen LogP contribution is 2.18. The number of hydrogen-bond acceptors (Lipinski definition) is 3. The van der Waals surface area contributed by atoms with E-state index in [0.29, 0.717) is 12.6 Å². The van der Waals surface area contributed by atoms with Gasteiger partial charge in [-0.3, -0.25) is 0 Å². The highest BCUT2D eigenvalue weighted by atomic mass is 16.5. The average Bonchev–Trinajstić information content (AvgIpc) is 2.65. The molecule has 0 aromatic heterocycles. The fraction of sp³-hybridized carbons (Fsp3) is 1.00. The maximum atomic E-state index is 5.67. The standard InChI is InChI=1S/C11H23NO2/c1-2-3-4-7-13-9-11-6-5-10(8-12)14-11/h10-11H,2-9,12H2,1H3. The minimum Gasteiger partial charge on any atom is -0.379 e. The first-order valence-corrected chi connectivity index (χ1v) is 5.80. The molecule has 0 aromatic carbocycles. The van der Waals surface area contributed by atoms with Gasteiger partial charge in [0.15, 0.2) is 0 Å². The van der Waals surface area contributed by atoms with Crippen LogP contribution in [0.1, 0.15) is 39.0 Å². The summed E-state index contributed by atoms with van der Waals surface area (Å²) >= 11 is 0. The van der Waals surface area contributed by atoms with Crippen LogP contribution in [0.5, 0.6) is 0 Å². The quantitative estimate of drug-likeness (QED) is 0.638. The molecule has 3 heteroatoms. The van der Waals surface area contributed by atoms with Crippen LogP contribution < -0.4 is 5.73 Å². The van der Waals surface area contributed by atoms with E-state index in [1.54, 1.807) is 0 Å². The van der Waals surface area contributed by atoms with Gasteiger partial charge < -0.3 is 15.2 Å². The smallest absolute Gasteiger partial charge is 0.0813 e. The molecular weight excluding hydrogens is 178 g/mol. The number of ether oxygens (including phenoxy) is 2. The fourth-order valence-electron chi connectivity index (χ4n) is 1.74. The van der Waals surface area contributed by atoms with Gasteiger partial charge in [0.05, 0.1) is 18.8 Å². The molecule has 2 N–H and O–H groups in total. The largest absolute Gasteiger partial charge is 0.379 e. The Balaban J connectivity index is 1.92. The van der Waals surface area contributed by atoms with Crippen LogP contribution in [-0.2, 0) is 9.47 Å². The molecule has 0 spiro atoms. The zero-order valence-corrected chi connectivity index (χ0v) is 9.21. The Labute approximate surface area is 86.9 Å².